The number of nitrogens with one attached hydrogen (secondary N) is 2. The average molecular weight is 395 g/mol. The number of aromatic nitrogens is 4. The Morgan fingerprint density at radius 3 is 2.72 bits per heavy atom. The Kier molecular flexibility index (Phi) is 6.76. The van der Waals surface area contributed by atoms with Crippen LogP contribution in [0, 0.1) is 11.8 Å². The zero-order chi connectivity index (χ0) is 20.6. The van der Waals surface area contributed by atoms with Crippen molar-refractivity contribution < 1.29 is 9.50 Å². The van der Waals surface area contributed by atoms with Gasteiger partial charge in [0.25, 0.3) is 5.56 Å². The van der Waals surface area contributed by atoms with Gasteiger partial charge >= 0.3 is 0 Å². The molecule has 1 atom stereocenters. The van der Waals surface area contributed by atoms with Crippen molar-refractivity contribution >= 4 is 0 Å². The predicted molar refractivity (Wildman–Crippen MR) is 107 cm³/mol. The monoisotopic (exact) mass is 395 g/mol. The van der Waals surface area contributed by atoms with E-state index >= 15 is 0 Å². The number of aromatic hydroxyl groups is 1. The van der Waals surface area contributed by atoms with Gasteiger partial charge in [0.2, 0.25) is 5.75 Å². The fourth-order valence-electron chi connectivity index (χ4n) is 2.93. The Balaban J connectivity index is 1.79. The van der Waals surface area contributed by atoms with Gasteiger partial charge in [0.15, 0.2) is 0 Å². The van der Waals surface area contributed by atoms with Crippen LogP contribution >= 0.6 is 0 Å². The molecular weight excluding hydrogens is 373 g/mol. The number of aromatic amines is 1. The summed E-state index contributed by atoms with van der Waals surface area (Å²) in [5.41, 5.74) is 2.39. The van der Waals surface area contributed by atoms with Gasteiger partial charge in [0, 0.05) is 44.2 Å². The molecule has 1 aromatic carbocycles. The first-order chi connectivity index (χ1) is 14.1. The Bertz CT molecular complexity index is 1060. The number of alkyl halides is 1. The predicted octanol–water partition coefficient (Wildman–Crippen LogP) is 1.49. The second-order valence-electron chi connectivity index (χ2n) is 6.60. The van der Waals surface area contributed by atoms with Crippen LogP contribution in [0.2, 0.25) is 0 Å². The van der Waals surface area contributed by atoms with Crippen LogP contribution in [0.1, 0.15) is 28.3 Å². The molecule has 0 saturated heterocycles. The third-order valence-electron chi connectivity index (χ3n) is 4.44. The molecule has 0 aliphatic carbocycles. The Labute approximate surface area is 167 Å². The van der Waals surface area contributed by atoms with Crippen molar-refractivity contribution in [3.8, 4) is 17.6 Å². The molecule has 3 N–H and O–H groups in total. The SMILES string of the molecule is Cn1cc(C#Cc2ccc(C(CNCCF)Cc3nc[nH]c(=O)c3O)cc2)cn1. The van der Waals surface area contributed by atoms with Crippen LogP contribution < -0.4 is 10.9 Å². The topological polar surface area (TPSA) is 95.8 Å². The maximum atomic E-state index is 12.5. The number of hydrogen-bond donors (Lipinski definition) is 3. The van der Waals surface area contributed by atoms with E-state index in [-0.39, 0.29) is 18.2 Å². The summed E-state index contributed by atoms with van der Waals surface area (Å²) in [6.45, 7) is 0.253. The molecule has 3 aromatic rings. The van der Waals surface area contributed by atoms with Crippen molar-refractivity contribution in [1.29, 1.82) is 0 Å². The summed E-state index contributed by atoms with van der Waals surface area (Å²) in [7, 11) is 1.84. The third-order valence-corrected chi connectivity index (χ3v) is 4.44. The number of hydrogen-bond acceptors (Lipinski definition) is 5. The molecule has 3 rings (SSSR count). The first-order valence-corrected chi connectivity index (χ1v) is 9.19. The van der Waals surface area contributed by atoms with Crippen molar-refractivity contribution in [2.45, 2.75) is 12.3 Å². The van der Waals surface area contributed by atoms with Crippen LogP contribution in [0.4, 0.5) is 4.39 Å². The van der Waals surface area contributed by atoms with Gasteiger partial charge in [-0.15, -0.1) is 0 Å². The Hall–Kier alpha value is -3.44. The minimum atomic E-state index is -0.577. The minimum absolute atomic E-state index is 0.0953. The normalized spacial score (nSPS) is 11.7. The van der Waals surface area contributed by atoms with E-state index in [9.17, 15) is 14.3 Å². The third kappa shape index (κ3) is 5.53. The lowest BCUT2D eigenvalue weighted by Crippen LogP contribution is -2.25. The lowest BCUT2D eigenvalue weighted by atomic mass is 9.93. The molecule has 0 amide bonds. The first kappa shape index (κ1) is 20.3. The summed E-state index contributed by atoms with van der Waals surface area (Å²) in [6, 6.07) is 7.70. The van der Waals surface area contributed by atoms with Crippen molar-refractivity contribution in [2.24, 2.45) is 7.05 Å². The van der Waals surface area contributed by atoms with Crippen LogP contribution in [-0.4, -0.2) is 44.6 Å². The van der Waals surface area contributed by atoms with Gasteiger partial charge in [-0.1, -0.05) is 24.0 Å². The molecule has 0 aliphatic heterocycles. The minimum Gasteiger partial charge on any atom is -0.502 e. The smallest absolute Gasteiger partial charge is 0.293 e. The molecular formula is C21H22FN5O2. The molecule has 0 spiro atoms. The molecule has 150 valence electrons. The van der Waals surface area contributed by atoms with Gasteiger partial charge in [0.05, 0.1) is 23.8 Å². The average Bonchev–Trinajstić information content (AvgIpc) is 3.15. The van der Waals surface area contributed by atoms with Crippen LogP contribution in [-0.2, 0) is 13.5 Å². The first-order valence-electron chi connectivity index (χ1n) is 9.19. The summed E-state index contributed by atoms with van der Waals surface area (Å²) < 4.78 is 14.2. The van der Waals surface area contributed by atoms with Crippen molar-refractivity contribution in [3.05, 3.63) is 75.7 Å². The van der Waals surface area contributed by atoms with Gasteiger partial charge in [-0.3, -0.25) is 9.48 Å². The van der Waals surface area contributed by atoms with E-state index in [0.717, 1.165) is 16.7 Å². The fourth-order valence-corrected chi connectivity index (χ4v) is 2.93. The van der Waals surface area contributed by atoms with Gasteiger partial charge in [-0.2, -0.15) is 5.10 Å². The van der Waals surface area contributed by atoms with E-state index in [0.29, 0.717) is 18.7 Å². The van der Waals surface area contributed by atoms with Crippen LogP contribution in [0.3, 0.4) is 0 Å². The summed E-state index contributed by atoms with van der Waals surface area (Å²) in [4.78, 5) is 18.0. The molecule has 8 heteroatoms. The number of nitrogens with zero attached hydrogens (tertiary/aromatic N) is 3. The van der Waals surface area contributed by atoms with Crippen molar-refractivity contribution in [2.75, 3.05) is 19.8 Å². The summed E-state index contributed by atoms with van der Waals surface area (Å²) in [5, 5.41) is 17.1. The van der Waals surface area contributed by atoms with Crippen molar-refractivity contribution in [1.82, 2.24) is 25.1 Å². The summed E-state index contributed by atoms with van der Waals surface area (Å²) in [5.74, 6) is 5.67. The highest BCUT2D eigenvalue weighted by molar-refractivity contribution is 5.42. The maximum Gasteiger partial charge on any atom is 0.293 e. The van der Waals surface area contributed by atoms with Gasteiger partial charge in [-0.05, 0) is 17.7 Å². The standard InChI is InChI=1S/C21H22FN5O2/c1-27-13-16(11-26-27)3-2-15-4-6-17(7-5-15)18(12-23-9-8-22)10-19-20(28)21(29)25-14-24-19/h4-7,11,13-14,18,23,28H,8-10,12H2,1H3,(H,24,25,29). The molecule has 0 fully saturated rings. The largest absolute Gasteiger partial charge is 0.502 e. The van der Waals surface area contributed by atoms with E-state index in [2.05, 4.69) is 32.2 Å². The quantitative estimate of drug-likeness (QED) is 0.416. The van der Waals surface area contributed by atoms with Crippen LogP contribution in [0.25, 0.3) is 0 Å². The van der Waals surface area contributed by atoms with Crippen molar-refractivity contribution in [3.63, 3.8) is 0 Å². The number of benzene rings is 1. The summed E-state index contributed by atoms with van der Waals surface area (Å²) in [6.07, 6.45) is 5.15. The number of aryl methyl sites for hydroxylation is 1. The number of H-pyrrole nitrogens is 1. The van der Waals surface area contributed by atoms with E-state index in [1.165, 1.54) is 6.33 Å². The molecule has 0 bridgehead atoms. The van der Waals surface area contributed by atoms with E-state index in [1.54, 1.807) is 10.9 Å². The molecule has 0 aliphatic rings. The lowest BCUT2D eigenvalue weighted by Gasteiger charge is -2.18. The highest BCUT2D eigenvalue weighted by atomic mass is 19.1. The lowest BCUT2D eigenvalue weighted by molar-refractivity contribution is 0.440. The van der Waals surface area contributed by atoms with Crippen LogP contribution in [0.5, 0.6) is 5.75 Å². The van der Waals surface area contributed by atoms with E-state index in [1.807, 2.05) is 37.5 Å². The fraction of sp³-hybridized carbons (Fsp3) is 0.286. The molecule has 2 aromatic heterocycles. The molecule has 0 radical (unpaired) electrons. The molecule has 1 unspecified atom stereocenters. The van der Waals surface area contributed by atoms with E-state index < -0.39 is 12.2 Å². The molecule has 7 nitrogen and oxygen atoms in total. The Morgan fingerprint density at radius 2 is 2.03 bits per heavy atom. The molecule has 29 heavy (non-hydrogen) atoms. The van der Waals surface area contributed by atoms with Gasteiger partial charge in [0.1, 0.15) is 6.67 Å². The number of halogens is 1. The molecule has 0 saturated carbocycles. The Morgan fingerprint density at radius 1 is 1.28 bits per heavy atom. The second kappa shape index (κ2) is 9.66. The zero-order valence-electron chi connectivity index (χ0n) is 16.0. The van der Waals surface area contributed by atoms with Crippen LogP contribution in [0.15, 0.2) is 47.8 Å². The number of rotatable bonds is 7. The van der Waals surface area contributed by atoms with E-state index in [4.69, 9.17) is 0 Å². The highest BCUT2D eigenvalue weighted by Crippen LogP contribution is 2.22. The second-order valence-corrected chi connectivity index (χ2v) is 6.60. The highest BCUT2D eigenvalue weighted by Gasteiger charge is 2.17. The molecule has 2 heterocycles. The van der Waals surface area contributed by atoms with Gasteiger partial charge in [-0.25, -0.2) is 9.37 Å². The van der Waals surface area contributed by atoms with Gasteiger partial charge < -0.3 is 15.4 Å². The zero-order valence-corrected chi connectivity index (χ0v) is 16.0. The maximum absolute atomic E-state index is 12.5. The summed E-state index contributed by atoms with van der Waals surface area (Å²) >= 11 is 0.